The molecule has 0 radical (unpaired) electrons. The van der Waals surface area contributed by atoms with Crippen LogP contribution in [-0.2, 0) is 11.3 Å². The van der Waals surface area contributed by atoms with Crippen molar-refractivity contribution in [3.8, 4) is 0 Å². The average Bonchev–Trinajstić information content (AvgIpc) is 2.98. The maximum atomic E-state index is 11.8. The van der Waals surface area contributed by atoms with Crippen LogP contribution in [0, 0.1) is 0 Å². The molecular weight excluding hydrogens is 190 g/mol. The van der Waals surface area contributed by atoms with Gasteiger partial charge in [-0.15, -0.1) is 0 Å². The van der Waals surface area contributed by atoms with Gasteiger partial charge in [0.25, 0.3) is 0 Å². The average molecular weight is 205 g/mol. The first-order chi connectivity index (χ1) is 7.12. The molecule has 0 aromatic carbocycles. The summed E-state index contributed by atoms with van der Waals surface area (Å²) in [7, 11) is 1.79. The highest BCUT2D eigenvalue weighted by molar-refractivity contribution is 5.88. The highest BCUT2D eigenvalue weighted by Crippen LogP contribution is 2.34. The maximum absolute atomic E-state index is 11.8. The summed E-state index contributed by atoms with van der Waals surface area (Å²) in [4.78, 5) is 17.4. The zero-order valence-corrected chi connectivity index (χ0v) is 8.81. The van der Waals surface area contributed by atoms with Crippen molar-refractivity contribution in [2.24, 2.45) is 5.73 Å². The molecule has 4 heteroatoms. The number of nitrogens with two attached hydrogens (primary N) is 1. The number of rotatable bonds is 3. The Morgan fingerprint density at radius 3 is 2.67 bits per heavy atom. The lowest BCUT2D eigenvalue weighted by atomic mass is 10.2. The molecule has 0 spiro atoms. The molecule has 0 atom stereocenters. The van der Waals surface area contributed by atoms with Crippen LogP contribution in [0.15, 0.2) is 24.5 Å². The molecular formula is C11H15N3O. The number of likely N-dealkylation sites (N-methyl/N-ethyl adjacent to an activating group) is 1. The molecule has 1 aliphatic rings. The number of carbonyl (C=O) groups excluding carboxylic acids is 1. The quantitative estimate of drug-likeness (QED) is 0.783. The topological polar surface area (TPSA) is 59.2 Å². The van der Waals surface area contributed by atoms with E-state index in [-0.39, 0.29) is 5.91 Å². The Labute approximate surface area is 89.1 Å². The van der Waals surface area contributed by atoms with Gasteiger partial charge in [0, 0.05) is 26.0 Å². The van der Waals surface area contributed by atoms with Gasteiger partial charge in [-0.25, -0.2) is 0 Å². The Morgan fingerprint density at radius 2 is 2.13 bits per heavy atom. The number of aromatic nitrogens is 1. The van der Waals surface area contributed by atoms with E-state index in [9.17, 15) is 4.79 Å². The molecule has 1 aromatic rings. The van der Waals surface area contributed by atoms with Gasteiger partial charge in [0.2, 0.25) is 5.91 Å². The second-order valence-electron chi connectivity index (χ2n) is 4.17. The molecule has 1 saturated carbocycles. The van der Waals surface area contributed by atoms with Crippen LogP contribution in [-0.4, -0.2) is 28.4 Å². The van der Waals surface area contributed by atoms with E-state index < -0.39 is 5.54 Å². The summed E-state index contributed by atoms with van der Waals surface area (Å²) in [5, 5.41) is 0. The van der Waals surface area contributed by atoms with E-state index in [0.29, 0.717) is 6.54 Å². The molecule has 1 fully saturated rings. The van der Waals surface area contributed by atoms with Crippen LogP contribution >= 0.6 is 0 Å². The Bertz CT molecular complexity index is 359. The molecule has 1 heterocycles. The summed E-state index contributed by atoms with van der Waals surface area (Å²) < 4.78 is 0. The van der Waals surface area contributed by atoms with Gasteiger partial charge in [-0.3, -0.25) is 9.78 Å². The van der Waals surface area contributed by atoms with Crippen molar-refractivity contribution in [2.45, 2.75) is 24.9 Å². The van der Waals surface area contributed by atoms with Gasteiger partial charge in [0.15, 0.2) is 0 Å². The third kappa shape index (κ3) is 2.15. The van der Waals surface area contributed by atoms with Gasteiger partial charge in [-0.05, 0) is 30.5 Å². The van der Waals surface area contributed by atoms with Crippen molar-refractivity contribution >= 4 is 5.91 Å². The van der Waals surface area contributed by atoms with Gasteiger partial charge < -0.3 is 10.6 Å². The number of nitrogens with zero attached hydrogens (tertiary/aromatic N) is 2. The summed E-state index contributed by atoms with van der Waals surface area (Å²) >= 11 is 0. The molecule has 80 valence electrons. The van der Waals surface area contributed by atoms with Crippen LogP contribution in [0.4, 0.5) is 0 Å². The van der Waals surface area contributed by atoms with Crippen LogP contribution in [0.3, 0.4) is 0 Å². The first-order valence-corrected chi connectivity index (χ1v) is 5.05. The van der Waals surface area contributed by atoms with Crippen LogP contribution in [0.5, 0.6) is 0 Å². The van der Waals surface area contributed by atoms with Gasteiger partial charge in [-0.1, -0.05) is 0 Å². The van der Waals surface area contributed by atoms with Crippen LogP contribution < -0.4 is 5.73 Å². The second-order valence-corrected chi connectivity index (χ2v) is 4.17. The minimum absolute atomic E-state index is 0.0410. The lowest BCUT2D eigenvalue weighted by molar-refractivity contribution is -0.132. The van der Waals surface area contributed by atoms with Crippen molar-refractivity contribution < 1.29 is 4.79 Å². The molecule has 1 aromatic heterocycles. The number of hydrogen-bond donors (Lipinski definition) is 1. The van der Waals surface area contributed by atoms with E-state index in [2.05, 4.69) is 4.98 Å². The number of amides is 1. The van der Waals surface area contributed by atoms with E-state index in [1.165, 1.54) is 0 Å². The third-order valence-corrected chi connectivity index (χ3v) is 2.73. The van der Waals surface area contributed by atoms with Crippen molar-refractivity contribution in [1.29, 1.82) is 0 Å². The van der Waals surface area contributed by atoms with E-state index in [1.54, 1.807) is 24.3 Å². The van der Waals surface area contributed by atoms with Gasteiger partial charge in [-0.2, -0.15) is 0 Å². The van der Waals surface area contributed by atoms with Crippen molar-refractivity contribution in [3.63, 3.8) is 0 Å². The molecule has 0 aliphatic heterocycles. The number of hydrogen-bond acceptors (Lipinski definition) is 3. The molecule has 1 aliphatic carbocycles. The zero-order valence-electron chi connectivity index (χ0n) is 8.81. The van der Waals surface area contributed by atoms with Crippen molar-refractivity contribution in [3.05, 3.63) is 30.1 Å². The summed E-state index contributed by atoms with van der Waals surface area (Å²) in [5.74, 6) is 0.0410. The molecule has 1 amide bonds. The zero-order chi connectivity index (χ0) is 10.9. The Morgan fingerprint density at radius 1 is 1.53 bits per heavy atom. The predicted molar refractivity (Wildman–Crippen MR) is 56.9 cm³/mol. The minimum Gasteiger partial charge on any atom is -0.340 e. The maximum Gasteiger partial charge on any atom is 0.242 e. The number of pyridine rings is 1. The highest BCUT2D eigenvalue weighted by atomic mass is 16.2. The van der Waals surface area contributed by atoms with Crippen LogP contribution in [0.1, 0.15) is 18.4 Å². The van der Waals surface area contributed by atoms with E-state index in [4.69, 9.17) is 5.73 Å². The normalized spacial score (nSPS) is 17.2. The van der Waals surface area contributed by atoms with E-state index >= 15 is 0 Å². The van der Waals surface area contributed by atoms with Gasteiger partial charge in [0.05, 0.1) is 5.54 Å². The molecule has 15 heavy (non-hydrogen) atoms. The van der Waals surface area contributed by atoms with Gasteiger partial charge >= 0.3 is 0 Å². The molecule has 0 saturated heterocycles. The molecule has 2 N–H and O–H groups in total. The summed E-state index contributed by atoms with van der Waals surface area (Å²) in [5.41, 5.74) is 6.35. The Balaban J connectivity index is 1.98. The molecule has 0 bridgehead atoms. The molecule has 4 nitrogen and oxygen atoms in total. The highest BCUT2D eigenvalue weighted by Gasteiger charge is 2.47. The molecule has 0 unspecified atom stereocenters. The van der Waals surface area contributed by atoms with E-state index in [0.717, 1.165) is 18.4 Å². The second kappa shape index (κ2) is 3.62. The standard InChI is InChI=1S/C11H15N3O/c1-14(10(15)11(12)4-5-11)8-9-2-6-13-7-3-9/h2-3,6-7H,4-5,8,12H2,1H3. The lowest BCUT2D eigenvalue weighted by Gasteiger charge is -2.20. The fourth-order valence-electron chi connectivity index (χ4n) is 1.56. The van der Waals surface area contributed by atoms with Crippen molar-refractivity contribution in [2.75, 3.05) is 7.05 Å². The SMILES string of the molecule is CN(Cc1ccncc1)C(=O)C1(N)CC1. The van der Waals surface area contributed by atoms with Crippen molar-refractivity contribution in [1.82, 2.24) is 9.88 Å². The summed E-state index contributed by atoms with van der Waals surface area (Å²) in [6, 6.07) is 3.81. The first-order valence-electron chi connectivity index (χ1n) is 5.05. The largest absolute Gasteiger partial charge is 0.340 e. The monoisotopic (exact) mass is 205 g/mol. The van der Waals surface area contributed by atoms with Crippen LogP contribution in [0.2, 0.25) is 0 Å². The predicted octanol–water partition coefficient (Wildman–Crippen LogP) is 0.531. The fourth-order valence-corrected chi connectivity index (χ4v) is 1.56. The summed E-state index contributed by atoms with van der Waals surface area (Å²) in [6.07, 6.45) is 5.07. The number of carbonyl (C=O) groups is 1. The minimum atomic E-state index is -0.568. The Hall–Kier alpha value is -1.42. The first kappa shape index (κ1) is 10.1. The van der Waals surface area contributed by atoms with Crippen LogP contribution in [0.25, 0.3) is 0 Å². The summed E-state index contributed by atoms with van der Waals surface area (Å²) in [6.45, 7) is 0.598. The Kier molecular flexibility index (Phi) is 2.44. The lowest BCUT2D eigenvalue weighted by Crippen LogP contribution is -2.43. The fraction of sp³-hybridized carbons (Fsp3) is 0.455. The third-order valence-electron chi connectivity index (χ3n) is 2.73. The molecule has 2 rings (SSSR count). The van der Waals surface area contributed by atoms with E-state index in [1.807, 2.05) is 12.1 Å². The smallest absolute Gasteiger partial charge is 0.242 e. The van der Waals surface area contributed by atoms with Gasteiger partial charge in [0.1, 0.15) is 0 Å².